The highest BCUT2D eigenvalue weighted by atomic mass is 19.1. The average molecular weight is 512 g/mol. The van der Waals surface area contributed by atoms with Crippen molar-refractivity contribution in [2.75, 3.05) is 64.3 Å². The second-order valence-electron chi connectivity index (χ2n) is 10.1. The van der Waals surface area contributed by atoms with Crippen LogP contribution in [0.5, 0.6) is 5.75 Å². The Hall–Kier alpha value is -3.25. The second kappa shape index (κ2) is 10.3. The van der Waals surface area contributed by atoms with Gasteiger partial charge in [-0.25, -0.2) is 20.3 Å². The summed E-state index contributed by atoms with van der Waals surface area (Å²) in [6.45, 7) is 4.07. The summed E-state index contributed by atoms with van der Waals surface area (Å²) in [6.07, 6.45) is 0.168. The van der Waals surface area contributed by atoms with Gasteiger partial charge >= 0.3 is 0 Å². The third-order valence-electron chi connectivity index (χ3n) is 7.38. The third-order valence-corrected chi connectivity index (χ3v) is 7.38. The Morgan fingerprint density at radius 2 is 1.78 bits per heavy atom. The Bertz CT molecular complexity index is 1170. The number of fused-ring (bicyclic) bond motifs is 1. The van der Waals surface area contributed by atoms with Crippen LogP contribution in [0.25, 0.3) is 0 Å². The molecule has 3 fully saturated rings. The Labute approximate surface area is 216 Å². The summed E-state index contributed by atoms with van der Waals surface area (Å²) in [7, 11) is 6.71. The molecule has 3 aliphatic rings. The lowest BCUT2D eigenvalue weighted by atomic mass is 9.93. The summed E-state index contributed by atoms with van der Waals surface area (Å²) in [5, 5.41) is 1.22. The van der Waals surface area contributed by atoms with E-state index in [4.69, 9.17) is 4.74 Å². The maximum Gasteiger partial charge on any atom is 0.253 e. The molecule has 198 valence electrons. The quantitative estimate of drug-likeness (QED) is 0.550. The number of hydrogen-bond donors (Lipinski definition) is 3. The number of nitrogens with one attached hydrogen (secondary N) is 3. The van der Waals surface area contributed by atoms with Crippen LogP contribution in [0.1, 0.15) is 28.4 Å². The van der Waals surface area contributed by atoms with Crippen molar-refractivity contribution in [3.05, 3.63) is 53.3 Å². The summed E-state index contributed by atoms with van der Waals surface area (Å²) in [5.74, 6) is -1.26. The van der Waals surface area contributed by atoms with E-state index in [1.54, 1.807) is 14.1 Å². The number of likely N-dealkylation sites (N-methyl/N-ethyl adjacent to an activating group) is 1. The number of carbonyl (C=O) groups is 2. The number of piperazine rings is 1. The molecule has 3 aliphatic heterocycles. The first-order chi connectivity index (χ1) is 17.8. The zero-order valence-electron chi connectivity index (χ0n) is 21.6. The van der Waals surface area contributed by atoms with Crippen molar-refractivity contribution in [3.63, 3.8) is 0 Å². The summed E-state index contributed by atoms with van der Waals surface area (Å²) < 4.78 is 20.8. The van der Waals surface area contributed by atoms with Crippen molar-refractivity contribution in [1.29, 1.82) is 0 Å². The minimum Gasteiger partial charge on any atom is -0.494 e. The van der Waals surface area contributed by atoms with Crippen LogP contribution in [-0.4, -0.2) is 88.1 Å². The molecule has 0 spiro atoms. The topological polar surface area (TPSA) is 92.4 Å². The van der Waals surface area contributed by atoms with Crippen LogP contribution < -0.4 is 30.9 Å². The normalized spacial score (nSPS) is 24.2. The van der Waals surface area contributed by atoms with E-state index >= 15 is 4.39 Å². The van der Waals surface area contributed by atoms with Crippen molar-refractivity contribution in [2.45, 2.75) is 24.5 Å². The zero-order chi connectivity index (χ0) is 26.3. The molecular weight excluding hydrogens is 477 g/mol. The molecule has 0 aliphatic carbocycles. The van der Waals surface area contributed by atoms with E-state index in [1.165, 1.54) is 28.8 Å². The first-order valence-corrected chi connectivity index (χ1v) is 12.5. The van der Waals surface area contributed by atoms with Crippen molar-refractivity contribution in [2.24, 2.45) is 0 Å². The summed E-state index contributed by atoms with van der Waals surface area (Å²) in [4.78, 5) is 31.5. The fourth-order valence-electron chi connectivity index (χ4n) is 5.22. The zero-order valence-corrected chi connectivity index (χ0v) is 21.6. The SMILES string of the molecule is COc1cc(C(=O)N(C)C)cc(F)c1N1NC2C(CC1=O)NNC2c1ccc(N2CCN(C)CC2)cc1. The molecule has 3 unspecified atom stereocenters. The van der Waals surface area contributed by atoms with Crippen LogP contribution in [0.3, 0.4) is 0 Å². The smallest absolute Gasteiger partial charge is 0.253 e. The maximum absolute atomic E-state index is 15.4. The number of halogens is 1. The van der Waals surface area contributed by atoms with Gasteiger partial charge in [-0.3, -0.25) is 15.0 Å². The van der Waals surface area contributed by atoms with Crippen LogP contribution >= 0.6 is 0 Å². The fourth-order valence-corrected chi connectivity index (χ4v) is 5.22. The molecule has 0 bridgehead atoms. The Kier molecular flexibility index (Phi) is 7.04. The van der Waals surface area contributed by atoms with E-state index in [9.17, 15) is 9.59 Å². The van der Waals surface area contributed by atoms with Gasteiger partial charge in [0.2, 0.25) is 5.91 Å². The number of carbonyl (C=O) groups excluding carboxylic acids is 2. The molecule has 0 radical (unpaired) electrons. The predicted molar refractivity (Wildman–Crippen MR) is 139 cm³/mol. The molecule has 2 aromatic carbocycles. The number of anilines is 2. The first kappa shape index (κ1) is 25.4. The summed E-state index contributed by atoms with van der Waals surface area (Å²) >= 11 is 0. The first-order valence-electron chi connectivity index (χ1n) is 12.5. The average Bonchev–Trinajstić information content (AvgIpc) is 3.30. The van der Waals surface area contributed by atoms with Gasteiger partial charge in [-0.15, -0.1) is 0 Å². The summed E-state index contributed by atoms with van der Waals surface area (Å²) in [5.41, 5.74) is 12.1. The molecule has 3 N–H and O–H groups in total. The van der Waals surface area contributed by atoms with Crippen molar-refractivity contribution in [3.8, 4) is 5.75 Å². The standard InChI is InChI=1S/C26H34FN7O3/c1-31(2)26(36)17-13-19(27)25(21(14-17)37-4)34-22(35)15-20-24(30-34)23(29-28-20)16-5-7-18(8-6-16)33-11-9-32(3)10-12-33/h5-8,13-14,20,23-24,28-30H,9-12,15H2,1-4H3. The van der Waals surface area contributed by atoms with Crippen LogP contribution in [0, 0.1) is 5.82 Å². The molecular formula is C26H34FN7O3. The van der Waals surface area contributed by atoms with E-state index in [-0.39, 0.29) is 53.4 Å². The van der Waals surface area contributed by atoms with Crippen molar-refractivity contribution in [1.82, 2.24) is 26.1 Å². The number of hydrogen-bond acceptors (Lipinski definition) is 8. The van der Waals surface area contributed by atoms with Crippen LogP contribution in [0.2, 0.25) is 0 Å². The predicted octanol–water partition coefficient (Wildman–Crippen LogP) is 1.12. The molecule has 5 rings (SSSR count). The number of amides is 2. The van der Waals surface area contributed by atoms with Crippen LogP contribution in [-0.2, 0) is 4.79 Å². The van der Waals surface area contributed by atoms with E-state index < -0.39 is 5.82 Å². The lowest BCUT2D eigenvalue weighted by Gasteiger charge is -2.37. The molecule has 11 heteroatoms. The third kappa shape index (κ3) is 4.87. The molecule has 3 heterocycles. The highest BCUT2D eigenvalue weighted by molar-refractivity contribution is 5.98. The van der Waals surface area contributed by atoms with Gasteiger partial charge < -0.3 is 19.4 Å². The van der Waals surface area contributed by atoms with Gasteiger partial charge in [0.05, 0.1) is 19.2 Å². The molecule has 0 aromatic heterocycles. The minimum atomic E-state index is -0.712. The van der Waals surface area contributed by atoms with Crippen molar-refractivity contribution >= 4 is 23.2 Å². The molecule has 37 heavy (non-hydrogen) atoms. The number of benzene rings is 2. The van der Waals surface area contributed by atoms with E-state index in [2.05, 4.69) is 57.4 Å². The fraction of sp³-hybridized carbons (Fsp3) is 0.462. The molecule has 2 amide bonds. The Morgan fingerprint density at radius 1 is 1.08 bits per heavy atom. The van der Waals surface area contributed by atoms with Gasteiger partial charge in [0.15, 0.2) is 5.82 Å². The molecule has 0 saturated carbocycles. The number of nitrogens with zero attached hydrogens (tertiary/aromatic N) is 4. The van der Waals surface area contributed by atoms with Crippen LogP contribution in [0.15, 0.2) is 36.4 Å². The minimum absolute atomic E-state index is 0.0303. The van der Waals surface area contributed by atoms with Gasteiger partial charge in [-0.05, 0) is 36.9 Å². The highest BCUT2D eigenvalue weighted by Gasteiger charge is 2.45. The van der Waals surface area contributed by atoms with E-state index in [0.717, 1.165) is 37.8 Å². The van der Waals surface area contributed by atoms with Gasteiger partial charge in [-0.1, -0.05) is 12.1 Å². The van der Waals surface area contributed by atoms with Crippen molar-refractivity contribution < 1.29 is 18.7 Å². The number of ether oxygens (including phenoxy) is 1. The molecule has 2 aromatic rings. The number of hydrazine groups is 2. The maximum atomic E-state index is 15.4. The number of rotatable bonds is 5. The second-order valence-corrected chi connectivity index (χ2v) is 10.1. The highest BCUT2D eigenvalue weighted by Crippen LogP contribution is 2.37. The Morgan fingerprint density at radius 3 is 2.43 bits per heavy atom. The van der Waals surface area contributed by atoms with Gasteiger partial charge in [0.1, 0.15) is 11.4 Å². The monoisotopic (exact) mass is 511 g/mol. The van der Waals surface area contributed by atoms with E-state index in [0.29, 0.717) is 0 Å². The molecule has 3 saturated heterocycles. The van der Waals surface area contributed by atoms with Gasteiger partial charge in [-0.2, -0.15) is 0 Å². The lowest BCUT2D eigenvalue weighted by molar-refractivity contribution is -0.121. The largest absolute Gasteiger partial charge is 0.494 e. The summed E-state index contributed by atoms with van der Waals surface area (Å²) in [6, 6.07) is 10.5. The Balaban J connectivity index is 1.38. The number of methoxy groups -OCH3 is 1. The lowest BCUT2D eigenvalue weighted by Crippen LogP contribution is -2.60. The van der Waals surface area contributed by atoms with Gasteiger partial charge in [0, 0.05) is 64.0 Å². The van der Waals surface area contributed by atoms with Crippen LogP contribution in [0.4, 0.5) is 15.8 Å². The molecule has 10 nitrogen and oxygen atoms in total. The van der Waals surface area contributed by atoms with E-state index in [1.807, 2.05) is 0 Å². The molecule has 3 atom stereocenters. The van der Waals surface area contributed by atoms with Gasteiger partial charge in [0.25, 0.3) is 5.91 Å².